The Morgan fingerprint density at radius 2 is 1.70 bits per heavy atom. The Kier molecular flexibility index (Phi) is 6.61. The van der Waals surface area contributed by atoms with Gasteiger partial charge in [0.15, 0.2) is 14.6 Å². The van der Waals surface area contributed by atoms with Gasteiger partial charge in [0.1, 0.15) is 0 Å². The summed E-state index contributed by atoms with van der Waals surface area (Å²) in [5.74, 6) is -0.820. The molecule has 1 saturated carbocycles. The molecule has 0 radical (unpaired) electrons. The van der Waals surface area contributed by atoms with Crippen molar-refractivity contribution in [2.45, 2.75) is 62.0 Å². The number of likely N-dealkylation sites (tertiary alicyclic amines) is 1. The lowest BCUT2D eigenvalue weighted by Gasteiger charge is -2.38. The number of hydrogen-bond donors (Lipinski definition) is 1. The average molecular weight is 469 g/mol. The van der Waals surface area contributed by atoms with E-state index in [1.54, 1.807) is 24.0 Å². The molecule has 1 N–H and O–H groups in total. The van der Waals surface area contributed by atoms with E-state index < -0.39 is 14.6 Å². The molecule has 2 fully saturated rings. The Hall–Kier alpha value is -2.67. The summed E-state index contributed by atoms with van der Waals surface area (Å²) in [5.41, 5.74) is 2.24. The van der Waals surface area contributed by atoms with Crippen molar-refractivity contribution in [2.24, 2.45) is 5.92 Å². The van der Waals surface area contributed by atoms with E-state index in [4.69, 9.17) is 0 Å². The van der Waals surface area contributed by atoms with Crippen molar-refractivity contribution in [3.05, 3.63) is 59.7 Å². The fourth-order valence-electron chi connectivity index (χ4n) is 5.18. The second-order valence-electron chi connectivity index (χ2n) is 9.42. The van der Waals surface area contributed by atoms with Crippen LogP contribution in [0.2, 0.25) is 0 Å². The number of carbonyl (C=O) groups is 2. The van der Waals surface area contributed by atoms with Crippen LogP contribution >= 0.6 is 0 Å². The maximum Gasteiger partial charge on any atom is 0.244 e. The van der Waals surface area contributed by atoms with Crippen molar-refractivity contribution in [3.8, 4) is 0 Å². The molecule has 176 valence electrons. The molecule has 4 rings (SSSR count). The molecule has 2 amide bonds. The predicted octanol–water partition coefficient (Wildman–Crippen LogP) is 4.27. The Morgan fingerprint density at radius 3 is 2.39 bits per heavy atom. The van der Waals surface area contributed by atoms with E-state index in [-0.39, 0.29) is 29.2 Å². The zero-order chi connectivity index (χ0) is 23.6. The molecule has 0 bridgehead atoms. The van der Waals surface area contributed by atoms with Gasteiger partial charge in [0.05, 0.1) is 10.8 Å². The van der Waals surface area contributed by atoms with Crippen molar-refractivity contribution >= 4 is 27.3 Å². The number of aryl methyl sites for hydroxylation is 2. The van der Waals surface area contributed by atoms with Crippen LogP contribution in [-0.2, 0) is 19.4 Å². The van der Waals surface area contributed by atoms with Crippen LogP contribution in [0.15, 0.2) is 53.4 Å². The number of carbonyl (C=O) groups excluding carboxylic acids is 2. The van der Waals surface area contributed by atoms with Gasteiger partial charge in [-0.15, -0.1) is 0 Å². The number of hydrogen-bond acceptors (Lipinski definition) is 4. The number of nitrogens with zero attached hydrogens (tertiary/aromatic N) is 1. The molecule has 2 aliphatic rings. The van der Waals surface area contributed by atoms with E-state index in [0.717, 1.165) is 11.3 Å². The third-order valence-electron chi connectivity index (χ3n) is 7.07. The molecule has 2 aromatic rings. The van der Waals surface area contributed by atoms with E-state index in [1.807, 2.05) is 43.3 Å². The summed E-state index contributed by atoms with van der Waals surface area (Å²) in [6, 6.07) is 14.6. The molecule has 1 heterocycles. The summed E-state index contributed by atoms with van der Waals surface area (Å²) < 4.78 is 26.4. The SMILES string of the molecule is Cc1ccc(C)c(S(=O)(=O)C2(C(=O)N3CCCC(C(=O)Nc4ccccc4)C3)CCCC2)c1. The largest absolute Gasteiger partial charge is 0.341 e. The van der Waals surface area contributed by atoms with E-state index in [0.29, 0.717) is 50.6 Å². The normalized spacial score (nSPS) is 20.4. The quantitative estimate of drug-likeness (QED) is 0.710. The summed E-state index contributed by atoms with van der Waals surface area (Å²) in [6.07, 6.45) is 3.44. The van der Waals surface area contributed by atoms with Crippen LogP contribution in [0.4, 0.5) is 5.69 Å². The van der Waals surface area contributed by atoms with E-state index >= 15 is 0 Å². The summed E-state index contributed by atoms with van der Waals surface area (Å²) in [6.45, 7) is 4.38. The number of piperidine rings is 1. The maximum absolute atomic E-state index is 13.9. The first-order valence-corrected chi connectivity index (χ1v) is 13.2. The zero-order valence-electron chi connectivity index (χ0n) is 19.3. The van der Waals surface area contributed by atoms with Crippen LogP contribution < -0.4 is 5.32 Å². The standard InChI is InChI=1S/C26H32N2O4S/c1-19-12-13-20(2)23(17-19)33(31,32)26(14-6-7-15-26)25(30)28-16-8-9-21(18-28)24(29)27-22-10-4-3-5-11-22/h3-5,10-13,17,21H,6-9,14-16,18H2,1-2H3,(H,27,29). The molecular formula is C26H32N2O4S. The Bertz CT molecular complexity index is 1140. The molecule has 1 aliphatic heterocycles. The van der Waals surface area contributed by atoms with Gasteiger partial charge >= 0.3 is 0 Å². The third kappa shape index (κ3) is 4.43. The number of sulfone groups is 1. The molecule has 7 heteroatoms. The van der Waals surface area contributed by atoms with Crippen LogP contribution in [0.5, 0.6) is 0 Å². The minimum absolute atomic E-state index is 0.128. The summed E-state index contributed by atoms with van der Waals surface area (Å²) in [7, 11) is -3.88. The van der Waals surface area contributed by atoms with Gasteiger partial charge in [-0.05, 0) is 68.9 Å². The minimum Gasteiger partial charge on any atom is -0.341 e. The lowest BCUT2D eigenvalue weighted by Crippen LogP contribution is -2.55. The molecular weight excluding hydrogens is 436 g/mol. The maximum atomic E-state index is 13.9. The number of anilines is 1. The highest BCUT2D eigenvalue weighted by Gasteiger charge is 2.55. The van der Waals surface area contributed by atoms with Crippen molar-refractivity contribution in [1.82, 2.24) is 4.90 Å². The summed E-state index contributed by atoms with van der Waals surface area (Å²) in [4.78, 5) is 28.6. The molecule has 2 aromatic carbocycles. The van der Waals surface area contributed by atoms with Crippen molar-refractivity contribution < 1.29 is 18.0 Å². The number of rotatable bonds is 5. The monoisotopic (exact) mass is 468 g/mol. The van der Waals surface area contributed by atoms with Gasteiger partial charge in [0.2, 0.25) is 11.8 Å². The fraction of sp³-hybridized carbons (Fsp3) is 0.462. The van der Waals surface area contributed by atoms with Gasteiger partial charge in [-0.3, -0.25) is 9.59 Å². The van der Waals surface area contributed by atoms with Gasteiger partial charge < -0.3 is 10.2 Å². The molecule has 0 aromatic heterocycles. The predicted molar refractivity (Wildman–Crippen MR) is 129 cm³/mol. The van der Waals surface area contributed by atoms with Gasteiger partial charge in [-0.25, -0.2) is 8.42 Å². The fourth-order valence-corrected chi connectivity index (χ4v) is 7.62. The van der Waals surface area contributed by atoms with Crippen molar-refractivity contribution in [2.75, 3.05) is 18.4 Å². The van der Waals surface area contributed by atoms with Crippen LogP contribution in [0.3, 0.4) is 0 Å². The summed E-state index contributed by atoms with van der Waals surface area (Å²) >= 11 is 0. The van der Waals surface area contributed by atoms with E-state index in [2.05, 4.69) is 5.32 Å². The van der Waals surface area contributed by atoms with Crippen molar-refractivity contribution in [1.29, 1.82) is 0 Å². The van der Waals surface area contributed by atoms with Gasteiger partial charge in [-0.1, -0.05) is 43.2 Å². The Balaban J connectivity index is 1.59. The molecule has 1 saturated heterocycles. The second-order valence-corrected chi connectivity index (χ2v) is 11.6. The first-order chi connectivity index (χ1) is 15.7. The van der Waals surface area contributed by atoms with Gasteiger partial charge in [0, 0.05) is 18.8 Å². The highest BCUT2D eigenvalue weighted by Crippen LogP contribution is 2.43. The lowest BCUT2D eigenvalue weighted by molar-refractivity contribution is -0.137. The highest BCUT2D eigenvalue weighted by atomic mass is 32.2. The number of benzene rings is 2. The molecule has 1 unspecified atom stereocenters. The molecule has 1 atom stereocenters. The van der Waals surface area contributed by atoms with Gasteiger partial charge in [0.25, 0.3) is 0 Å². The highest BCUT2D eigenvalue weighted by molar-refractivity contribution is 7.93. The number of amides is 2. The first kappa shape index (κ1) is 23.5. The molecule has 6 nitrogen and oxygen atoms in total. The van der Waals surface area contributed by atoms with Crippen LogP contribution in [0.25, 0.3) is 0 Å². The molecule has 0 spiro atoms. The Morgan fingerprint density at radius 1 is 1.00 bits per heavy atom. The van der Waals surface area contributed by atoms with Crippen molar-refractivity contribution in [3.63, 3.8) is 0 Å². The van der Waals surface area contributed by atoms with Crippen LogP contribution in [0.1, 0.15) is 49.7 Å². The van der Waals surface area contributed by atoms with Crippen LogP contribution in [-0.4, -0.2) is 43.0 Å². The van der Waals surface area contributed by atoms with E-state index in [1.165, 1.54) is 0 Å². The Labute approximate surface area is 196 Å². The molecule has 1 aliphatic carbocycles. The number of nitrogens with one attached hydrogen (secondary N) is 1. The number of para-hydroxylation sites is 1. The topological polar surface area (TPSA) is 83.6 Å². The first-order valence-electron chi connectivity index (χ1n) is 11.7. The third-order valence-corrected chi connectivity index (χ3v) is 9.70. The lowest BCUT2D eigenvalue weighted by atomic mass is 9.95. The van der Waals surface area contributed by atoms with E-state index in [9.17, 15) is 18.0 Å². The second kappa shape index (κ2) is 9.29. The smallest absolute Gasteiger partial charge is 0.244 e. The van der Waals surface area contributed by atoms with Gasteiger partial charge in [-0.2, -0.15) is 0 Å². The average Bonchev–Trinajstić information content (AvgIpc) is 3.33. The molecule has 33 heavy (non-hydrogen) atoms. The summed E-state index contributed by atoms with van der Waals surface area (Å²) in [5, 5.41) is 2.92. The zero-order valence-corrected chi connectivity index (χ0v) is 20.2. The van der Waals surface area contributed by atoms with Crippen LogP contribution in [0, 0.1) is 19.8 Å². The minimum atomic E-state index is -3.88.